The summed E-state index contributed by atoms with van der Waals surface area (Å²) in [7, 11) is 0. The Morgan fingerprint density at radius 3 is 2.52 bits per heavy atom. The Balaban J connectivity index is 1.88. The number of nitro groups is 1. The first-order chi connectivity index (χ1) is 11.8. The molecule has 2 aromatic carbocycles. The third-order valence-electron chi connectivity index (χ3n) is 3.27. The standard InChI is InChI=1S/C17H15ClN2O5/c1-11-2-4-12(5-3-11)8-17(22)25-10-16(21)19-15-9-13(20(23)24)6-7-14(15)18/h2-7,9H,8,10H2,1H3,(H,19,21). The molecule has 0 bridgehead atoms. The number of hydrogen-bond acceptors (Lipinski definition) is 5. The number of hydrogen-bond donors (Lipinski definition) is 1. The minimum Gasteiger partial charge on any atom is -0.455 e. The number of carbonyl (C=O) groups is 2. The summed E-state index contributed by atoms with van der Waals surface area (Å²) in [4.78, 5) is 33.7. The highest BCUT2D eigenvalue weighted by atomic mass is 35.5. The van der Waals surface area contributed by atoms with Crippen molar-refractivity contribution in [3.8, 4) is 0 Å². The number of anilines is 1. The Kier molecular flexibility index (Phi) is 6.08. The van der Waals surface area contributed by atoms with Gasteiger partial charge in [-0.05, 0) is 18.6 Å². The highest BCUT2D eigenvalue weighted by Crippen LogP contribution is 2.26. The van der Waals surface area contributed by atoms with Gasteiger partial charge in [0.05, 0.1) is 22.1 Å². The molecule has 1 amide bonds. The van der Waals surface area contributed by atoms with E-state index < -0.39 is 23.4 Å². The summed E-state index contributed by atoms with van der Waals surface area (Å²) in [5, 5.41) is 13.3. The molecule has 0 atom stereocenters. The first-order valence-corrected chi connectivity index (χ1v) is 7.68. The summed E-state index contributed by atoms with van der Waals surface area (Å²) >= 11 is 5.88. The van der Waals surface area contributed by atoms with Crippen molar-refractivity contribution in [1.29, 1.82) is 0 Å². The maximum atomic E-state index is 11.8. The van der Waals surface area contributed by atoms with Gasteiger partial charge in [-0.3, -0.25) is 19.7 Å². The number of nitrogens with one attached hydrogen (secondary N) is 1. The number of carbonyl (C=O) groups excluding carboxylic acids is 2. The van der Waals surface area contributed by atoms with Crippen molar-refractivity contribution in [2.24, 2.45) is 0 Å². The van der Waals surface area contributed by atoms with Crippen molar-refractivity contribution in [3.63, 3.8) is 0 Å². The monoisotopic (exact) mass is 362 g/mol. The highest BCUT2D eigenvalue weighted by Gasteiger charge is 2.13. The number of amides is 1. The van der Waals surface area contributed by atoms with Crippen molar-refractivity contribution in [2.45, 2.75) is 13.3 Å². The van der Waals surface area contributed by atoms with E-state index in [9.17, 15) is 19.7 Å². The molecule has 1 N–H and O–H groups in total. The molecule has 0 aromatic heterocycles. The third-order valence-corrected chi connectivity index (χ3v) is 3.60. The average molecular weight is 363 g/mol. The van der Waals surface area contributed by atoms with Crippen LogP contribution in [0.15, 0.2) is 42.5 Å². The van der Waals surface area contributed by atoms with Crippen LogP contribution in [0.3, 0.4) is 0 Å². The lowest BCUT2D eigenvalue weighted by Crippen LogP contribution is -2.21. The zero-order chi connectivity index (χ0) is 18.4. The van der Waals surface area contributed by atoms with Crippen LogP contribution in [0.5, 0.6) is 0 Å². The topological polar surface area (TPSA) is 98.5 Å². The summed E-state index contributed by atoms with van der Waals surface area (Å²) in [6.07, 6.45) is 0.0468. The van der Waals surface area contributed by atoms with E-state index in [1.807, 2.05) is 19.1 Å². The second-order valence-corrected chi connectivity index (χ2v) is 5.70. The summed E-state index contributed by atoms with van der Waals surface area (Å²) < 4.78 is 4.90. The second-order valence-electron chi connectivity index (χ2n) is 5.29. The molecule has 7 nitrogen and oxygen atoms in total. The van der Waals surface area contributed by atoms with E-state index in [4.69, 9.17) is 16.3 Å². The number of benzene rings is 2. The van der Waals surface area contributed by atoms with Crippen molar-refractivity contribution >= 4 is 34.9 Å². The first kappa shape index (κ1) is 18.4. The molecular weight excluding hydrogens is 348 g/mol. The molecule has 0 saturated heterocycles. The molecule has 2 rings (SSSR count). The summed E-state index contributed by atoms with van der Waals surface area (Å²) in [5.74, 6) is -1.19. The number of ether oxygens (including phenoxy) is 1. The number of rotatable bonds is 6. The van der Waals surface area contributed by atoms with Gasteiger partial charge < -0.3 is 10.1 Å². The Morgan fingerprint density at radius 2 is 1.88 bits per heavy atom. The van der Waals surface area contributed by atoms with E-state index in [-0.39, 0.29) is 22.8 Å². The van der Waals surface area contributed by atoms with Crippen molar-refractivity contribution in [1.82, 2.24) is 0 Å². The maximum absolute atomic E-state index is 11.8. The van der Waals surface area contributed by atoms with Crippen LogP contribution >= 0.6 is 11.6 Å². The van der Waals surface area contributed by atoms with E-state index in [0.29, 0.717) is 0 Å². The molecule has 2 aromatic rings. The van der Waals surface area contributed by atoms with Crippen LogP contribution in [0.2, 0.25) is 5.02 Å². The molecule has 0 fully saturated rings. The fraction of sp³-hybridized carbons (Fsp3) is 0.176. The maximum Gasteiger partial charge on any atom is 0.310 e. The van der Waals surface area contributed by atoms with Gasteiger partial charge in [-0.2, -0.15) is 0 Å². The number of non-ortho nitro benzene ring substituents is 1. The fourth-order valence-electron chi connectivity index (χ4n) is 1.98. The molecule has 25 heavy (non-hydrogen) atoms. The quantitative estimate of drug-likeness (QED) is 0.483. The molecule has 0 radical (unpaired) electrons. The molecular formula is C17H15ClN2O5. The Hall–Kier alpha value is -2.93. The minimum absolute atomic E-state index is 0.0468. The van der Waals surface area contributed by atoms with Gasteiger partial charge in [0.2, 0.25) is 0 Å². The van der Waals surface area contributed by atoms with Gasteiger partial charge >= 0.3 is 5.97 Å². The lowest BCUT2D eigenvalue weighted by atomic mass is 10.1. The predicted molar refractivity (Wildman–Crippen MR) is 92.6 cm³/mol. The number of aryl methyl sites for hydroxylation is 1. The number of nitrogens with zero attached hydrogens (tertiary/aromatic N) is 1. The largest absolute Gasteiger partial charge is 0.455 e. The van der Waals surface area contributed by atoms with Crippen LogP contribution < -0.4 is 5.32 Å². The van der Waals surface area contributed by atoms with Gasteiger partial charge in [0.1, 0.15) is 0 Å². The van der Waals surface area contributed by atoms with Gasteiger partial charge in [0, 0.05) is 12.1 Å². The fourth-order valence-corrected chi connectivity index (χ4v) is 2.14. The SMILES string of the molecule is Cc1ccc(CC(=O)OCC(=O)Nc2cc([N+](=O)[O-])ccc2Cl)cc1. The number of nitro benzene ring substituents is 1. The van der Waals surface area contributed by atoms with Gasteiger partial charge in [0.25, 0.3) is 11.6 Å². The highest BCUT2D eigenvalue weighted by molar-refractivity contribution is 6.33. The van der Waals surface area contributed by atoms with E-state index in [1.54, 1.807) is 12.1 Å². The molecule has 0 spiro atoms. The van der Waals surface area contributed by atoms with Gasteiger partial charge in [0.15, 0.2) is 6.61 Å². The van der Waals surface area contributed by atoms with Gasteiger partial charge in [-0.1, -0.05) is 41.4 Å². The summed E-state index contributed by atoms with van der Waals surface area (Å²) in [5.41, 5.74) is 1.72. The molecule has 0 heterocycles. The number of esters is 1. The van der Waals surface area contributed by atoms with Gasteiger partial charge in [-0.15, -0.1) is 0 Å². The van der Waals surface area contributed by atoms with E-state index in [1.165, 1.54) is 12.1 Å². The van der Waals surface area contributed by atoms with Crippen molar-refractivity contribution in [2.75, 3.05) is 11.9 Å². The van der Waals surface area contributed by atoms with Crippen LogP contribution in [0, 0.1) is 17.0 Å². The normalized spacial score (nSPS) is 10.2. The molecule has 0 unspecified atom stereocenters. The molecule has 0 aliphatic carbocycles. The average Bonchev–Trinajstić information content (AvgIpc) is 2.57. The van der Waals surface area contributed by atoms with Crippen molar-refractivity contribution in [3.05, 3.63) is 68.7 Å². The lowest BCUT2D eigenvalue weighted by Gasteiger charge is -2.08. The van der Waals surface area contributed by atoms with Crippen molar-refractivity contribution < 1.29 is 19.2 Å². The Labute approximate surface area is 148 Å². The summed E-state index contributed by atoms with van der Waals surface area (Å²) in [6, 6.07) is 11.0. The molecule has 0 saturated carbocycles. The Bertz CT molecular complexity index is 805. The molecule has 130 valence electrons. The number of halogens is 1. The third kappa shape index (κ3) is 5.58. The van der Waals surface area contributed by atoms with Crippen LogP contribution in [-0.4, -0.2) is 23.4 Å². The van der Waals surface area contributed by atoms with E-state index in [0.717, 1.165) is 17.2 Å². The van der Waals surface area contributed by atoms with Crippen LogP contribution in [0.25, 0.3) is 0 Å². The zero-order valence-electron chi connectivity index (χ0n) is 13.3. The predicted octanol–water partition coefficient (Wildman–Crippen LogP) is 3.28. The second kappa shape index (κ2) is 8.25. The molecule has 0 aliphatic heterocycles. The molecule has 8 heteroatoms. The first-order valence-electron chi connectivity index (χ1n) is 7.30. The van der Waals surface area contributed by atoms with Crippen LogP contribution in [0.1, 0.15) is 11.1 Å². The molecule has 0 aliphatic rings. The van der Waals surface area contributed by atoms with Crippen LogP contribution in [-0.2, 0) is 20.7 Å². The van der Waals surface area contributed by atoms with Gasteiger partial charge in [-0.25, -0.2) is 0 Å². The minimum atomic E-state index is -0.639. The Morgan fingerprint density at radius 1 is 1.20 bits per heavy atom. The smallest absolute Gasteiger partial charge is 0.310 e. The summed E-state index contributed by atoms with van der Waals surface area (Å²) in [6.45, 7) is 1.43. The zero-order valence-corrected chi connectivity index (χ0v) is 14.1. The van der Waals surface area contributed by atoms with Crippen LogP contribution in [0.4, 0.5) is 11.4 Å². The lowest BCUT2D eigenvalue weighted by molar-refractivity contribution is -0.384. The van der Waals surface area contributed by atoms with E-state index >= 15 is 0 Å². The van der Waals surface area contributed by atoms with E-state index in [2.05, 4.69) is 5.32 Å².